The van der Waals surface area contributed by atoms with Crippen molar-refractivity contribution in [3.05, 3.63) is 23.8 Å². The number of hydrogen-bond donors (Lipinski definition) is 1. The van der Waals surface area contributed by atoms with E-state index in [0.717, 1.165) is 24.4 Å². The van der Waals surface area contributed by atoms with Gasteiger partial charge in [0.05, 0.1) is 5.69 Å². The summed E-state index contributed by atoms with van der Waals surface area (Å²) in [4.78, 5) is 8.66. The molecule has 2 N–H and O–H groups in total. The predicted octanol–water partition coefficient (Wildman–Crippen LogP) is 1.84. The van der Waals surface area contributed by atoms with E-state index in [9.17, 15) is 0 Å². The van der Waals surface area contributed by atoms with Gasteiger partial charge in [-0.2, -0.15) is 0 Å². The molecule has 0 aliphatic rings. The zero-order chi connectivity index (χ0) is 9.68. The Hall–Kier alpha value is -0.960. The van der Waals surface area contributed by atoms with Crippen LogP contribution in [-0.4, -0.2) is 9.97 Å². The topological polar surface area (TPSA) is 51.8 Å². The molecule has 1 aromatic rings. The van der Waals surface area contributed by atoms with Crippen molar-refractivity contribution in [2.45, 2.75) is 39.2 Å². The molecule has 0 spiro atoms. The third kappa shape index (κ3) is 2.49. The van der Waals surface area contributed by atoms with E-state index in [4.69, 9.17) is 5.73 Å². The van der Waals surface area contributed by atoms with Gasteiger partial charge in [0.2, 0.25) is 0 Å². The molecule has 0 saturated heterocycles. The van der Waals surface area contributed by atoms with Crippen LogP contribution in [0.25, 0.3) is 0 Å². The molecule has 0 saturated carbocycles. The fraction of sp³-hybridized carbons (Fsp3) is 0.600. The Bertz CT molecular complexity index is 256. The fourth-order valence-electron chi connectivity index (χ4n) is 1.38. The van der Waals surface area contributed by atoms with Crippen molar-refractivity contribution in [3.8, 4) is 0 Å². The third-order valence-electron chi connectivity index (χ3n) is 2.29. The Morgan fingerprint density at radius 3 is 2.62 bits per heavy atom. The molecule has 1 aromatic heterocycles. The van der Waals surface area contributed by atoms with Crippen LogP contribution < -0.4 is 5.73 Å². The molecular formula is C10H17N3. The molecule has 0 fully saturated rings. The van der Waals surface area contributed by atoms with Crippen molar-refractivity contribution >= 4 is 0 Å². The minimum atomic E-state index is 0.478. The number of hydrogen-bond acceptors (Lipinski definition) is 3. The number of nitrogens with two attached hydrogens (primary N) is 1. The van der Waals surface area contributed by atoms with Gasteiger partial charge in [0.1, 0.15) is 5.82 Å². The second kappa shape index (κ2) is 4.92. The number of aromatic nitrogens is 2. The van der Waals surface area contributed by atoms with Gasteiger partial charge in [0.25, 0.3) is 0 Å². The van der Waals surface area contributed by atoms with Crippen molar-refractivity contribution in [1.82, 2.24) is 9.97 Å². The first-order chi connectivity index (χ1) is 6.31. The molecule has 0 amide bonds. The van der Waals surface area contributed by atoms with E-state index in [2.05, 4.69) is 23.8 Å². The summed E-state index contributed by atoms with van der Waals surface area (Å²) < 4.78 is 0. The molecule has 3 heteroatoms. The highest BCUT2D eigenvalue weighted by molar-refractivity contribution is 5.05. The van der Waals surface area contributed by atoms with E-state index < -0.39 is 0 Å². The molecule has 0 aliphatic carbocycles. The highest BCUT2D eigenvalue weighted by Gasteiger charge is 2.09. The monoisotopic (exact) mass is 179 g/mol. The number of nitrogens with zero attached hydrogens (tertiary/aromatic N) is 2. The molecule has 72 valence electrons. The lowest BCUT2D eigenvalue weighted by atomic mass is 10.0. The maximum Gasteiger partial charge on any atom is 0.131 e. The summed E-state index contributed by atoms with van der Waals surface area (Å²) >= 11 is 0. The summed E-state index contributed by atoms with van der Waals surface area (Å²) in [5.74, 6) is 1.42. The first-order valence-electron chi connectivity index (χ1n) is 4.83. The van der Waals surface area contributed by atoms with Crippen molar-refractivity contribution in [3.63, 3.8) is 0 Å². The van der Waals surface area contributed by atoms with Gasteiger partial charge in [-0.05, 0) is 18.9 Å². The van der Waals surface area contributed by atoms with Gasteiger partial charge in [-0.25, -0.2) is 9.97 Å². The first kappa shape index (κ1) is 10.1. The second-order valence-electron chi connectivity index (χ2n) is 3.12. The average molecular weight is 179 g/mol. The van der Waals surface area contributed by atoms with Crippen LogP contribution in [0.2, 0.25) is 0 Å². The molecule has 0 unspecified atom stereocenters. The Balaban J connectivity index is 2.86. The molecule has 0 atom stereocenters. The number of rotatable bonds is 4. The molecule has 0 aliphatic heterocycles. The van der Waals surface area contributed by atoms with Crippen LogP contribution >= 0.6 is 0 Å². The third-order valence-corrected chi connectivity index (χ3v) is 2.29. The van der Waals surface area contributed by atoms with Crippen LogP contribution in [0.4, 0.5) is 0 Å². The van der Waals surface area contributed by atoms with Crippen LogP contribution in [0, 0.1) is 0 Å². The van der Waals surface area contributed by atoms with E-state index in [1.165, 1.54) is 0 Å². The maximum atomic E-state index is 5.51. The first-order valence-corrected chi connectivity index (χ1v) is 4.83. The molecule has 0 aromatic carbocycles. The van der Waals surface area contributed by atoms with Crippen LogP contribution in [0.1, 0.15) is 44.1 Å². The highest BCUT2D eigenvalue weighted by atomic mass is 14.9. The van der Waals surface area contributed by atoms with Gasteiger partial charge in [0, 0.05) is 18.7 Å². The molecule has 1 heterocycles. The molecular weight excluding hydrogens is 162 g/mol. The van der Waals surface area contributed by atoms with Gasteiger partial charge in [0.15, 0.2) is 0 Å². The fourth-order valence-corrected chi connectivity index (χ4v) is 1.38. The van der Waals surface area contributed by atoms with Crippen LogP contribution in [0.5, 0.6) is 0 Å². The average Bonchev–Trinajstić information content (AvgIpc) is 2.20. The lowest BCUT2D eigenvalue weighted by molar-refractivity contribution is 0.597. The largest absolute Gasteiger partial charge is 0.325 e. The quantitative estimate of drug-likeness (QED) is 0.767. The second-order valence-corrected chi connectivity index (χ2v) is 3.12. The molecule has 0 radical (unpaired) electrons. The van der Waals surface area contributed by atoms with Gasteiger partial charge >= 0.3 is 0 Å². The van der Waals surface area contributed by atoms with Crippen molar-refractivity contribution in [1.29, 1.82) is 0 Å². The van der Waals surface area contributed by atoms with E-state index in [-0.39, 0.29) is 0 Å². The molecule has 13 heavy (non-hydrogen) atoms. The normalized spacial score (nSPS) is 10.8. The summed E-state index contributed by atoms with van der Waals surface area (Å²) in [6.07, 6.45) is 3.97. The molecule has 1 rings (SSSR count). The van der Waals surface area contributed by atoms with E-state index in [1.807, 2.05) is 6.07 Å². The van der Waals surface area contributed by atoms with Crippen LogP contribution in [0.3, 0.4) is 0 Å². The molecule has 0 bridgehead atoms. The summed E-state index contributed by atoms with van der Waals surface area (Å²) in [5, 5.41) is 0. The van der Waals surface area contributed by atoms with Gasteiger partial charge < -0.3 is 5.73 Å². The minimum absolute atomic E-state index is 0.478. The van der Waals surface area contributed by atoms with Crippen molar-refractivity contribution in [2.24, 2.45) is 5.73 Å². The Kier molecular flexibility index (Phi) is 3.83. The maximum absolute atomic E-state index is 5.51. The van der Waals surface area contributed by atoms with E-state index in [0.29, 0.717) is 12.5 Å². The summed E-state index contributed by atoms with van der Waals surface area (Å²) in [6.45, 7) is 4.81. The Morgan fingerprint density at radius 1 is 1.38 bits per heavy atom. The zero-order valence-electron chi connectivity index (χ0n) is 8.33. The Labute approximate surface area is 79.4 Å². The van der Waals surface area contributed by atoms with Crippen molar-refractivity contribution in [2.75, 3.05) is 0 Å². The Morgan fingerprint density at radius 2 is 2.08 bits per heavy atom. The lowest BCUT2D eigenvalue weighted by Gasteiger charge is -2.10. The standard InChI is InChI=1S/C10H17N3/c1-3-8(4-2)10-12-6-5-9(7-11)13-10/h5-6,8H,3-4,7,11H2,1-2H3. The summed E-state index contributed by atoms with van der Waals surface area (Å²) in [7, 11) is 0. The summed E-state index contributed by atoms with van der Waals surface area (Å²) in [6, 6.07) is 1.87. The minimum Gasteiger partial charge on any atom is -0.325 e. The molecule has 3 nitrogen and oxygen atoms in total. The SMILES string of the molecule is CCC(CC)c1nccc(CN)n1. The highest BCUT2D eigenvalue weighted by Crippen LogP contribution is 2.18. The van der Waals surface area contributed by atoms with Crippen LogP contribution in [0.15, 0.2) is 12.3 Å². The van der Waals surface area contributed by atoms with Crippen molar-refractivity contribution < 1.29 is 0 Å². The summed E-state index contributed by atoms with van der Waals surface area (Å²) in [5.41, 5.74) is 6.44. The predicted molar refractivity (Wildman–Crippen MR) is 53.2 cm³/mol. The van der Waals surface area contributed by atoms with E-state index >= 15 is 0 Å². The van der Waals surface area contributed by atoms with Gasteiger partial charge in [-0.3, -0.25) is 0 Å². The van der Waals surface area contributed by atoms with Crippen LogP contribution in [-0.2, 0) is 6.54 Å². The van der Waals surface area contributed by atoms with E-state index in [1.54, 1.807) is 6.20 Å². The van der Waals surface area contributed by atoms with Gasteiger partial charge in [-0.1, -0.05) is 13.8 Å². The lowest BCUT2D eigenvalue weighted by Crippen LogP contribution is -2.07. The van der Waals surface area contributed by atoms with Gasteiger partial charge in [-0.15, -0.1) is 0 Å². The zero-order valence-corrected chi connectivity index (χ0v) is 8.33. The smallest absolute Gasteiger partial charge is 0.131 e.